The maximum Gasteiger partial charge on any atom is 0.240 e. The fraction of sp³-hybridized carbons (Fsp3) is 0.636. The molecule has 0 atom stereocenters. The molecular weight excluding hydrogens is 300 g/mol. The molecule has 1 saturated heterocycles. The summed E-state index contributed by atoms with van der Waals surface area (Å²) in [5.74, 6) is -0.118. The number of rotatable bonds is 4. The minimum Gasteiger partial charge on any atom is -0.301 e. The fourth-order valence-corrected chi connectivity index (χ4v) is 3.52. The van der Waals surface area contributed by atoms with Gasteiger partial charge in [0.25, 0.3) is 0 Å². The first-order valence-corrected chi connectivity index (χ1v) is 8.97. The SMILES string of the molecule is Cc1csc(NC(=O)CN2CCN(S(C)(=O)=O)CC2)n1. The number of hydrogen-bond donors (Lipinski definition) is 1. The minimum absolute atomic E-state index is 0.118. The smallest absolute Gasteiger partial charge is 0.240 e. The molecule has 112 valence electrons. The van der Waals surface area contributed by atoms with Gasteiger partial charge in [-0.1, -0.05) is 0 Å². The summed E-state index contributed by atoms with van der Waals surface area (Å²) in [7, 11) is -3.13. The molecule has 1 fully saturated rings. The largest absolute Gasteiger partial charge is 0.301 e. The molecule has 1 aliphatic rings. The first kappa shape index (κ1) is 15.4. The lowest BCUT2D eigenvalue weighted by atomic mass is 10.3. The van der Waals surface area contributed by atoms with Gasteiger partial charge < -0.3 is 5.32 Å². The maximum absolute atomic E-state index is 11.9. The van der Waals surface area contributed by atoms with Crippen molar-refractivity contribution in [3.8, 4) is 0 Å². The number of nitrogens with one attached hydrogen (secondary N) is 1. The molecule has 1 aromatic heterocycles. The summed E-state index contributed by atoms with van der Waals surface area (Å²) in [6.07, 6.45) is 1.21. The number of amides is 1. The van der Waals surface area contributed by atoms with Crippen LogP contribution in [0, 0.1) is 6.92 Å². The molecule has 0 aromatic carbocycles. The number of aryl methyl sites for hydroxylation is 1. The zero-order valence-corrected chi connectivity index (χ0v) is 13.1. The molecule has 7 nitrogen and oxygen atoms in total. The van der Waals surface area contributed by atoms with Crippen LogP contribution in [-0.2, 0) is 14.8 Å². The lowest BCUT2D eigenvalue weighted by Crippen LogP contribution is -2.50. The van der Waals surface area contributed by atoms with Crippen LogP contribution in [0.4, 0.5) is 5.13 Å². The number of aromatic nitrogens is 1. The van der Waals surface area contributed by atoms with E-state index in [-0.39, 0.29) is 12.5 Å². The molecule has 0 radical (unpaired) electrons. The highest BCUT2D eigenvalue weighted by molar-refractivity contribution is 7.88. The molecule has 0 bridgehead atoms. The average molecular weight is 318 g/mol. The number of hydrogen-bond acceptors (Lipinski definition) is 6. The quantitative estimate of drug-likeness (QED) is 0.843. The van der Waals surface area contributed by atoms with E-state index in [0.717, 1.165) is 5.69 Å². The molecule has 2 heterocycles. The number of carbonyl (C=O) groups excluding carboxylic acids is 1. The summed E-state index contributed by atoms with van der Waals surface area (Å²) in [5, 5.41) is 5.22. The molecule has 0 spiro atoms. The second-order valence-electron chi connectivity index (χ2n) is 4.78. The molecule has 2 rings (SSSR count). The Morgan fingerprint density at radius 3 is 2.55 bits per heavy atom. The van der Waals surface area contributed by atoms with Gasteiger partial charge in [0.2, 0.25) is 15.9 Å². The Kier molecular flexibility index (Phi) is 4.74. The molecular formula is C11H18N4O3S2. The summed E-state index contributed by atoms with van der Waals surface area (Å²) in [4.78, 5) is 18.0. The molecule has 9 heteroatoms. The van der Waals surface area contributed by atoms with Gasteiger partial charge in [-0.15, -0.1) is 11.3 Å². The maximum atomic E-state index is 11.9. The molecule has 1 aliphatic heterocycles. The summed E-state index contributed by atoms with van der Waals surface area (Å²) >= 11 is 1.39. The number of sulfonamides is 1. The van der Waals surface area contributed by atoms with Crippen molar-refractivity contribution in [1.29, 1.82) is 0 Å². The second-order valence-corrected chi connectivity index (χ2v) is 7.62. The van der Waals surface area contributed by atoms with Gasteiger partial charge >= 0.3 is 0 Å². The normalized spacial score (nSPS) is 18.1. The molecule has 1 N–H and O–H groups in total. The van der Waals surface area contributed by atoms with Crippen LogP contribution in [0.25, 0.3) is 0 Å². The van der Waals surface area contributed by atoms with Gasteiger partial charge in [0, 0.05) is 31.6 Å². The molecule has 20 heavy (non-hydrogen) atoms. The van der Waals surface area contributed by atoms with Crippen molar-refractivity contribution in [2.75, 3.05) is 44.3 Å². The summed E-state index contributed by atoms with van der Waals surface area (Å²) in [6, 6.07) is 0. The lowest BCUT2D eigenvalue weighted by molar-refractivity contribution is -0.117. The number of carbonyl (C=O) groups is 1. The Morgan fingerprint density at radius 1 is 1.40 bits per heavy atom. The standard InChI is InChI=1S/C11H18N4O3S2/c1-9-8-19-11(12-9)13-10(16)7-14-3-5-15(6-4-14)20(2,17)18/h8H,3-7H2,1-2H3,(H,12,13,16). The molecule has 1 amide bonds. The number of nitrogens with zero attached hydrogens (tertiary/aromatic N) is 3. The summed E-state index contributed by atoms with van der Waals surface area (Å²) in [6.45, 7) is 4.13. The third-order valence-electron chi connectivity index (χ3n) is 3.03. The van der Waals surface area contributed by atoms with E-state index >= 15 is 0 Å². The van der Waals surface area contributed by atoms with E-state index in [0.29, 0.717) is 31.3 Å². The van der Waals surface area contributed by atoms with Crippen LogP contribution in [0.5, 0.6) is 0 Å². The van der Waals surface area contributed by atoms with E-state index < -0.39 is 10.0 Å². The van der Waals surface area contributed by atoms with Crippen molar-refractivity contribution in [3.63, 3.8) is 0 Å². The van der Waals surface area contributed by atoms with Gasteiger partial charge in [0.1, 0.15) is 0 Å². The topological polar surface area (TPSA) is 82.6 Å². The minimum atomic E-state index is -3.13. The highest BCUT2D eigenvalue weighted by atomic mass is 32.2. The van der Waals surface area contributed by atoms with Gasteiger partial charge in [0.05, 0.1) is 18.5 Å². The first-order valence-electron chi connectivity index (χ1n) is 6.24. The van der Waals surface area contributed by atoms with Crippen molar-refractivity contribution < 1.29 is 13.2 Å². The molecule has 0 saturated carbocycles. The number of piperazine rings is 1. The van der Waals surface area contributed by atoms with E-state index in [1.54, 1.807) is 0 Å². The van der Waals surface area contributed by atoms with Crippen LogP contribution in [-0.4, -0.2) is 67.5 Å². The van der Waals surface area contributed by atoms with E-state index in [4.69, 9.17) is 0 Å². The van der Waals surface area contributed by atoms with Gasteiger partial charge in [-0.25, -0.2) is 13.4 Å². The van der Waals surface area contributed by atoms with Crippen molar-refractivity contribution in [2.45, 2.75) is 6.92 Å². The molecule has 1 aromatic rings. The first-order chi connectivity index (χ1) is 9.34. The van der Waals surface area contributed by atoms with Crippen LogP contribution < -0.4 is 5.32 Å². The van der Waals surface area contributed by atoms with Crippen molar-refractivity contribution in [2.24, 2.45) is 0 Å². The monoisotopic (exact) mass is 318 g/mol. The number of thiazole rings is 1. The molecule has 0 unspecified atom stereocenters. The van der Waals surface area contributed by atoms with Crippen LogP contribution in [0.3, 0.4) is 0 Å². The Bertz CT molecular complexity index is 576. The lowest BCUT2D eigenvalue weighted by Gasteiger charge is -2.32. The summed E-state index contributed by atoms with van der Waals surface area (Å²) in [5.41, 5.74) is 0.882. The van der Waals surface area contributed by atoms with Crippen LogP contribution >= 0.6 is 11.3 Å². The van der Waals surface area contributed by atoms with E-state index in [1.165, 1.54) is 21.9 Å². The van der Waals surface area contributed by atoms with Crippen molar-refractivity contribution in [3.05, 3.63) is 11.1 Å². The highest BCUT2D eigenvalue weighted by Gasteiger charge is 2.24. The Hall–Kier alpha value is -1.03. The average Bonchev–Trinajstić information content (AvgIpc) is 2.74. The van der Waals surface area contributed by atoms with E-state index in [2.05, 4.69) is 10.3 Å². The predicted octanol–water partition coefficient (Wildman–Crippen LogP) is -0.0328. The van der Waals surface area contributed by atoms with Crippen LogP contribution in [0.15, 0.2) is 5.38 Å². The second kappa shape index (κ2) is 6.17. The van der Waals surface area contributed by atoms with Crippen molar-refractivity contribution in [1.82, 2.24) is 14.2 Å². The predicted molar refractivity (Wildman–Crippen MR) is 78.3 cm³/mol. The third kappa shape index (κ3) is 4.23. The van der Waals surface area contributed by atoms with Crippen molar-refractivity contribution >= 4 is 32.4 Å². The van der Waals surface area contributed by atoms with Crippen LogP contribution in [0.2, 0.25) is 0 Å². The van der Waals surface area contributed by atoms with Gasteiger partial charge in [-0.3, -0.25) is 9.69 Å². The Balaban J connectivity index is 1.79. The third-order valence-corrected chi connectivity index (χ3v) is 5.21. The van der Waals surface area contributed by atoms with Gasteiger partial charge in [0.15, 0.2) is 5.13 Å². The summed E-state index contributed by atoms with van der Waals surface area (Å²) < 4.78 is 24.2. The van der Waals surface area contributed by atoms with Gasteiger partial charge in [-0.2, -0.15) is 4.31 Å². The van der Waals surface area contributed by atoms with E-state index in [9.17, 15) is 13.2 Å². The Morgan fingerprint density at radius 2 is 2.05 bits per heavy atom. The van der Waals surface area contributed by atoms with Gasteiger partial charge in [-0.05, 0) is 6.92 Å². The number of anilines is 1. The molecule has 0 aliphatic carbocycles. The Labute approximate surface area is 122 Å². The van der Waals surface area contributed by atoms with Crippen LogP contribution in [0.1, 0.15) is 5.69 Å². The van der Waals surface area contributed by atoms with E-state index in [1.807, 2.05) is 17.2 Å². The fourth-order valence-electron chi connectivity index (χ4n) is 1.99. The zero-order chi connectivity index (χ0) is 14.8. The zero-order valence-electron chi connectivity index (χ0n) is 11.5. The highest BCUT2D eigenvalue weighted by Crippen LogP contribution is 2.14.